The lowest BCUT2D eigenvalue weighted by Crippen LogP contribution is -2.16. The molecular weight excluding hydrogens is 246 g/mol. The van der Waals surface area contributed by atoms with E-state index in [4.69, 9.17) is 0 Å². The highest BCUT2D eigenvalue weighted by Gasteiger charge is 2.21. The van der Waals surface area contributed by atoms with Crippen LogP contribution in [0.15, 0.2) is 11.0 Å². The Bertz CT molecular complexity index is 507. The zero-order valence-corrected chi connectivity index (χ0v) is 12.7. The van der Waals surface area contributed by atoms with E-state index < -0.39 is 9.84 Å². The minimum Gasteiger partial charge on any atom is -0.320 e. The van der Waals surface area contributed by atoms with E-state index in [9.17, 15) is 8.42 Å². The maximum Gasteiger partial charge on any atom is 0.178 e. The number of benzene rings is 1. The number of hydrogen-bond donors (Lipinski definition) is 1. The molecule has 0 saturated heterocycles. The Balaban J connectivity index is 3.24. The summed E-state index contributed by atoms with van der Waals surface area (Å²) in [4.78, 5) is 0.538. The fourth-order valence-corrected chi connectivity index (χ4v) is 4.17. The van der Waals surface area contributed by atoms with Gasteiger partial charge in [0.1, 0.15) is 0 Å². The summed E-state index contributed by atoms with van der Waals surface area (Å²) in [7, 11) is -1.35. The molecule has 0 fully saturated rings. The molecule has 4 heteroatoms. The summed E-state index contributed by atoms with van der Waals surface area (Å²) in [5, 5.41) is 2.98. The van der Waals surface area contributed by atoms with Gasteiger partial charge in [-0.15, -0.1) is 0 Å². The lowest BCUT2D eigenvalue weighted by Gasteiger charge is -2.15. The number of sulfone groups is 1. The summed E-state index contributed by atoms with van der Waals surface area (Å²) in [6, 6.07) is 2.05. The van der Waals surface area contributed by atoms with Gasteiger partial charge >= 0.3 is 0 Å². The van der Waals surface area contributed by atoms with Crippen molar-refractivity contribution in [3.63, 3.8) is 0 Å². The van der Waals surface area contributed by atoms with Crippen molar-refractivity contribution in [2.45, 2.75) is 39.0 Å². The van der Waals surface area contributed by atoms with Crippen molar-refractivity contribution in [3.05, 3.63) is 28.3 Å². The molecule has 0 saturated carbocycles. The van der Waals surface area contributed by atoms with Crippen LogP contribution in [-0.2, 0) is 9.84 Å². The minimum absolute atomic E-state index is 0.207. The fraction of sp³-hybridized carbons (Fsp3) is 0.571. The van der Waals surface area contributed by atoms with Gasteiger partial charge in [-0.1, -0.05) is 6.07 Å². The smallest absolute Gasteiger partial charge is 0.178 e. The van der Waals surface area contributed by atoms with E-state index in [-0.39, 0.29) is 5.75 Å². The van der Waals surface area contributed by atoms with Gasteiger partial charge in [-0.3, -0.25) is 0 Å². The molecule has 3 nitrogen and oxygen atoms in total. The van der Waals surface area contributed by atoms with Gasteiger partial charge in [-0.25, -0.2) is 8.42 Å². The van der Waals surface area contributed by atoms with E-state index in [0.717, 1.165) is 28.8 Å². The number of aryl methyl sites for hydroxylation is 2. The Morgan fingerprint density at radius 3 is 2.00 bits per heavy atom. The van der Waals surface area contributed by atoms with Gasteiger partial charge in [0, 0.05) is 0 Å². The van der Waals surface area contributed by atoms with Crippen LogP contribution in [-0.4, -0.2) is 27.8 Å². The molecule has 1 aromatic rings. The highest BCUT2D eigenvalue weighted by Crippen LogP contribution is 2.27. The molecule has 0 spiro atoms. The van der Waals surface area contributed by atoms with Crippen LogP contribution >= 0.6 is 0 Å². The maximum absolute atomic E-state index is 12.4. The molecule has 1 aromatic carbocycles. The summed E-state index contributed by atoms with van der Waals surface area (Å²) < 4.78 is 24.9. The van der Waals surface area contributed by atoms with Crippen LogP contribution in [0.1, 0.15) is 28.7 Å². The Morgan fingerprint density at radius 2 is 1.56 bits per heavy atom. The lowest BCUT2D eigenvalue weighted by atomic mass is 10.0. The summed E-state index contributed by atoms with van der Waals surface area (Å²) in [6.45, 7) is 8.45. The van der Waals surface area contributed by atoms with Crippen LogP contribution in [0, 0.1) is 27.7 Å². The third kappa shape index (κ3) is 3.12. The highest BCUT2D eigenvalue weighted by atomic mass is 32.2. The van der Waals surface area contributed by atoms with Crippen LogP contribution in [0.4, 0.5) is 0 Å². The zero-order chi connectivity index (χ0) is 13.9. The van der Waals surface area contributed by atoms with Gasteiger partial charge in [0.05, 0.1) is 10.6 Å². The van der Waals surface area contributed by atoms with Crippen molar-refractivity contribution in [3.8, 4) is 0 Å². The van der Waals surface area contributed by atoms with E-state index in [0.29, 0.717) is 11.3 Å². The van der Waals surface area contributed by atoms with Crippen molar-refractivity contribution >= 4 is 9.84 Å². The average molecular weight is 269 g/mol. The van der Waals surface area contributed by atoms with Crippen molar-refractivity contribution in [1.29, 1.82) is 0 Å². The molecule has 0 aliphatic heterocycles. The number of rotatable bonds is 5. The summed E-state index contributed by atoms with van der Waals surface area (Å²) in [5.41, 5.74) is 3.88. The quantitative estimate of drug-likeness (QED) is 0.834. The molecule has 18 heavy (non-hydrogen) atoms. The predicted molar refractivity (Wildman–Crippen MR) is 76.0 cm³/mol. The average Bonchev–Trinajstić information content (AvgIpc) is 2.26. The largest absolute Gasteiger partial charge is 0.320 e. The van der Waals surface area contributed by atoms with E-state index in [1.165, 1.54) is 0 Å². The molecule has 0 amide bonds. The molecule has 0 radical (unpaired) electrons. The SMILES string of the molecule is CNCCCS(=O)(=O)c1c(C)c(C)cc(C)c1C. The first-order chi connectivity index (χ1) is 8.31. The molecule has 0 atom stereocenters. The lowest BCUT2D eigenvalue weighted by molar-refractivity contribution is 0.590. The normalized spacial score (nSPS) is 11.8. The van der Waals surface area contributed by atoms with Crippen LogP contribution in [0.3, 0.4) is 0 Å². The molecule has 0 aliphatic carbocycles. The standard InChI is InChI=1S/C14H23NO2S/c1-10-9-11(2)13(4)14(12(10)3)18(16,17)8-6-7-15-5/h9,15H,6-8H2,1-5H3. The van der Waals surface area contributed by atoms with E-state index in [2.05, 4.69) is 11.4 Å². The monoisotopic (exact) mass is 269 g/mol. The Hall–Kier alpha value is -0.870. The van der Waals surface area contributed by atoms with Gasteiger partial charge in [-0.2, -0.15) is 0 Å². The number of hydrogen-bond acceptors (Lipinski definition) is 3. The molecule has 0 bridgehead atoms. The van der Waals surface area contributed by atoms with Crippen molar-refractivity contribution in [2.75, 3.05) is 19.3 Å². The molecule has 0 heterocycles. The van der Waals surface area contributed by atoms with Crippen LogP contribution in [0.2, 0.25) is 0 Å². The molecule has 1 rings (SSSR count). The van der Waals surface area contributed by atoms with Crippen LogP contribution in [0.25, 0.3) is 0 Å². The molecule has 0 unspecified atom stereocenters. The van der Waals surface area contributed by atoms with Gasteiger partial charge in [0.2, 0.25) is 0 Å². The third-order valence-corrected chi connectivity index (χ3v) is 5.51. The second kappa shape index (κ2) is 5.85. The van der Waals surface area contributed by atoms with Gasteiger partial charge in [0.15, 0.2) is 9.84 Å². The Labute approximate surface area is 111 Å². The Morgan fingerprint density at radius 1 is 1.06 bits per heavy atom. The minimum atomic E-state index is -3.18. The van der Waals surface area contributed by atoms with Gasteiger partial charge < -0.3 is 5.32 Å². The molecular formula is C14H23NO2S. The first-order valence-electron chi connectivity index (χ1n) is 6.26. The van der Waals surface area contributed by atoms with Gasteiger partial charge in [0.25, 0.3) is 0 Å². The first-order valence-corrected chi connectivity index (χ1v) is 7.91. The van der Waals surface area contributed by atoms with Crippen molar-refractivity contribution in [1.82, 2.24) is 5.32 Å². The van der Waals surface area contributed by atoms with Gasteiger partial charge in [-0.05, 0) is 70.0 Å². The molecule has 0 aliphatic rings. The fourth-order valence-electron chi connectivity index (χ4n) is 2.19. The van der Waals surface area contributed by atoms with Crippen LogP contribution < -0.4 is 5.32 Å². The molecule has 1 N–H and O–H groups in total. The molecule has 0 aromatic heterocycles. The Kier molecular flexibility index (Phi) is 4.93. The van der Waals surface area contributed by atoms with Crippen molar-refractivity contribution in [2.24, 2.45) is 0 Å². The number of nitrogens with one attached hydrogen (secondary N) is 1. The third-order valence-electron chi connectivity index (χ3n) is 3.45. The second-order valence-corrected chi connectivity index (χ2v) is 6.91. The highest BCUT2D eigenvalue weighted by molar-refractivity contribution is 7.91. The zero-order valence-electron chi connectivity index (χ0n) is 11.9. The molecule has 102 valence electrons. The first kappa shape index (κ1) is 15.2. The topological polar surface area (TPSA) is 46.2 Å². The van der Waals surface area contributed by atoms with Crippen LogP contribution in [0.5, 0.6) is 0 Å². The summed E-state index contributed by atoms with van der Waals surface area (Å²) in [5.74, 6) is 0.207. The predicted octanol–water partition coefficient (Wildman–Crippen LogP) is 2.30. The maximum atomic E-state index is 12.4. The van der Waals surface area contributed by atoms with E-state index >= 15 is 0 Å². The summed E-state index contributed by atoms with van der Waals surface area (Å²) >= 11 is 0. The second-order valence-electron chi connectivity index (χ2n) is 4.87. The summed E-state index contributed by atoms with van der Waals surface area (Å²) in [6.07, 6.45) is 0.644. The van der Waals surface area contributed by atoms with Crippen molar-refractivity contribution < 1.29 is 8.42 Å². The van der Waals surface area contributed by atoms with E-state index in [1.54, 1.807) is 0 Å². The van der Waals surface area contributed by atoms with E-state index in [1.807, 2.05) is 34.7 Å².